The summed E-state index contributed by atoms with van der Waals surface area (Å²) in [6, 6.07) is 0. The van der Waals surface area contributed by atoms with Gasteiger partial charge in [0.25, 0.3) is 7.59 Å². The first-order valence-corrected chi connectivity index (χ1v) is 4.27. The highest BCUT2D eigenvalue weighted by Crippen LogP contribution is 2.31. The monoisotopic (exact) mass is 135 g/mol. The van der Waals surface area contributed by atoms with Crippen LogP contribution in [0.4, 0.5) is 0 Å². The summed E-state index contributed by atoms with van der Waals surface area (Å²) in [5.41, 5.74) is 0. The van der Waals surface area contributed by atoms with E-state index in [1.165, 1.54) is 0 Å². The maximum atomic E-state index is 11.0. The molecular formula is C3H10N3OP. The summed E-state index contributed by atoms with van der Waals surface area (Å²) in [6.45, 7) is 1.58. The van der Waals surface area contributed by atoms with Gasteiger partial charge in [0.1, 0.15) is 0 Å². The molecule has 1 saturated heterocycles. The maximum Gasteiger partial charge on any atom is 0.278 e. The Hall–Kier alpha value is 0.110. The van der Waals surface area contributed by atoms with Crippen LogP contribution in [0.1, 0.15) is 0 Å². The van der Waals surface area contributed by atoms with Gasteiger partial charge < -0.3 is 0 Å². The van der Waals surface area contributed by atoms with Crippen molar-refractivity contribution >= 4 is 7.59 Å². The van der Waals surface area contributed by atoms with Gasteiger partial charge >= 0.3 is 0 Å². The molecule has 1 heterocycles. The minimum absolute atomic E-state index is 0.790. The highest BCUT2D eigenvalue weighted by atomic mass is 31.2. The van der Waals surface area contributed by atoms with E-state index in [-0.39, 0.29) is 0 Å². The van der Waals surface area contributed by atoms with Crippen LogP contribution in [0.25, 0.3) is 0 Å². The third-order valence-corrected chi connectivity index (χ3v) is 3.08. The van der Waals surface area contributed by atoms with Crippen LogP contribution < -0.4 is 15.3 Å². The first-order valence-electron chi connectivity index (χ1n) is 2.56. The smallest absolute Gasteiger partial charge is 0.271 e. The highest BCUT2D eigenvalue weighted by molar-refractivity contribution is 7.57. The Labute approximate surface area is 48.6 Å². The fourth-order valence-corrected chi connectivity index (χ4v) is 1.92. The molecule has 5 heteroatoms. The largest absolute Gasteiger partial charge is 0.278 e. The van der Waals surface area contributed by atoms with Gasteiger partial charge in [-0.15, -0.1) is 0 Å². The fourth-order valence-electron chi connectivity index (χ4n) is 0.641. The Morgan fingerprint density at radius 2 is 2.00 bits per heavy atom. The number of rotatable bonds is 1. The van der Waals surface area contributed by atoms with E-state index in [2.05, 4.69) is 15.3 Å². The van der Waals surface area contributed by atoms with Crippen LogP contribution in [-0.2, 0) is 4.57 Å². The highest BCUT2D eigenvalue weighted by Gasteiger charge is 2.22. The predicted octanol–water partition coefficient (Wildman–Crippen LogP) is -0.493. The van der Waals surface area contributed by atoms with Crippen LogP contribution in [0.15, 0.2) is 0 Å². The summed E-state index contributed by atoms with van der Waals surface area (Å²) >= 11 is 0. The van der Waals surface area contributed by atoms with Crippen molar-refractivity contribution in [3.63, 3.8) is 0 Å². The molecule has 0 atom stereocenters. The molecule has 1 aliphatic heterocycles. The van der Waals surface area contributed by atoms with Gasteiger partial charge in [-0.1, -0.05) is 0 Å². The molecular weight excluding hydrogens is 125 g/mol. The second kappa shape index (κ2) is 2.15. The summed E-state index contributed by atoms with van der Waals surface area (Å²) in [7, 11) is -0.628. The van der Waals surface area contributed by atoms with Crippen LogP contribution in [-0.4, -0.2) is 20.1 Å². The fraction of sp³-hybridized carbons (Fsp3) is 1.00. The third kappa shape index (κ3) is 1.09. The van der Waals surface area contributed by atoms with Crippen molar-refractivity contribution in [1.29, 1.82) is 0 Å². The third-order valence-electron chi connectivity index (χ3n) is 1.11. The summed E-state index contributed by atoms with van der Waals surface area (Å²) in [5, 5.41) is 8.31. The van der Waals surface area contributed by atoms with Gasteiger partial charge in [0.05, 0.1) is 0 Å². The van der Waals surface area contributed by atoms with Gasteiger partial charge in [-0.25, -0.2) is 15.3 Å². The molecule has 3 N–H and O–H groups in total. The summed E-state index contributed by atoms with van der Waals surface area (Å²) in [6.07, 6.45) is 0. The zero-order valence-corrected chi connectivity index (χ0v) is 5.66. The molecule has 0 aromatic carbocycles. The summed E-state index contributed by atoms with van der Waals surface area (Å²) in [5.74, 6) is 0. The lowest BCUT2D eigenvalue weighted by Crippen LogP contribution is -2.18. The molecule has 0 unspecified atom stereocenters. The van der Waals surface area contributed by atoms with Crippen LogP contribution in [0.2, 0.25) is 0 Å². The van der Waals surface area contributed by atoms with Gasteiger partial charge in [-0.3, -0.25) is 4.57 Å². The van der Waals surface area contributed by atoms with Crippen molar-refractivity contribution in [1.82, 2.24) is 15.3 Å². The second-order valence-corrected chi connectivity index (χ2v) is 3.95. The van der Waals surface area contributed by atoms with Crippen LogP contribution >= 0.6 is 7.59 Å². The molecule has 0 aliphatic carbocycles. The summed E-state index contributed by atoms with van der Waals surface area (Å²) in [4.78, 5) is 0. The van der Waals surface area contributed by atoms with E-state index >= 15 is 0 Å². The summed E-state index contributed by atoms with van der Waals surface area (Å²) < 4.78 is 11.0. The van der Waals surface area contributed by atoms with E-state index in [1.54, 1.807) is 7.05 Å². The maximum absolute atomic E-state index is 11.0. The zero-order valence-electron chi connectivity index (χ0n) is 4.77. The van der Waals surface area contributed by atoms with Gasteiger partial charge in [0, 0.05) is 13.1 Å². The SMILES string of the molecule is CNP1(=O)NCCN1. The van der Waals surface area contributed by atoms with Gasteiger partial charge in [0.2, 0.25) is 0 Å². The van der Waals surface area contributed by atoms with Gasteiger partial charge in [0.15, 0.2) is 0 Å². The molecule has 4 nitrogen and oxygen atoms in total. The van der Waals surface area contributed by atoms with Crippen molar-refractivity contribution in [3.8, 4) is 0 Å². The number of hydrogen-bond donors (Lipinski definition) is 3. The average Bonchev–Trinajstić information content (AvgIpc) is 2.17. The van der Waals surface area contributed by atoms with Crippen LogP contribution in [0, 0.1) is 0 Å². The molecule has 1 fully saturated rings. The minimum atomic E-state index is -2.30. The standard InChI is InChI=1S/C3H10N3OP/c1-4-8(7)5-2-3-6-8/h2-3H2,1H3,(H3,4,5,6,7). The number of nitrogens with one attached hydrogen (secondary N) is 3. The Balaban J connectivity index is 2.53. The van der Waals surface area contributed by atoms with Crippen molar-refractivity contribution in [3.05, 3.63) is 0 Å². The molecule has 0 radical (unpaired) electrons. The van der Waals surface area contributed by atoms with Crippen molar-refractivity contribution < 1.29 is 4.57 Å². The van der Waals surface area contributed by atoms with Gasteiger partial charge in [-0.05, 0) is 7.05 Å². The van der Waals surface area contributed by atoms with E-state index in [4.69, 9.17) is 0 Å². The average molecular weight is 135 g/mol. The first kappa shape index (κ1) is 6.23. The Morgan fingerprint density at radius 3 is 2.25 bits per heavy atom. The van der Waals surface area contributed by atoms with Gasteiger partial charge in [-0.2, -0.15) is 0 Å². The van der Waals surface area contributed by atoms with Crippen LogP contribution in [0.3, 0.4) is 0 Å². The molecule has 0 aromatic heterocycles. The first-order chi connectivity index (χ1) is 3.77. The zero-order chi connectivity index (χ0) is 6.04. The van der Waals surface area contributed by atoms with E-state index in [0.717, 1.165) is 13.1 Å². The van der Waals surface area contributed by atoms with E-state index in [0.29, 0.717) is 0 Å². The molecule has 0 spiro atoms. The molecule has 48 valence electrons. The van der Waals surface area contributed by atoms with Crippen molar-refractivity contribution in [2.24, 2.45) is 0 Å². The van der Waals surface area contributed by atoms with Crippen molar-refractivity contribution in [2.45, 2.75) is 0 Å². The van der Waals surface area contributed by atoms with E-state index in [9.17, 15) is 4.57 Å². The predicted molar refractivity (Wildman–Crippen MR) is 32.7 cm³/mol. The van der Waals surface area contributed by atoms with E-state index < -0.39 is 7.59 Å². The second-order valence-electron chi connectivity index (χ2n) is 1.65. The van der Waals surface area contributed by atoms with Crippen LogP contribution in [0.5, 0.6) is 0 Å². The Morgan fingerprint density at radius 1 is 1.50 bits per heavy atom. The lowest BCUT2D eigenvalue weighted by atomic mass is 10.7. The Bertz CT molecular complexity index is 116. The molecule has 1 rings (SSSR count). The molecule has 0 amide bonds. The molecule has 0 saturated carbocycles. The normalized spacial score (nSPS) is 26.1. The van der Waals surface area contributed by atoms with Crippen molar-refractivity contribution in [2.75, 3.05) is 20.1 Å². The minimum Gasteiger partial charge on any atom is -0.271 e. The van der Waals surface area contributed by atoms with E-state index in [1.807, 2.05) is 0 Å². The molecule has 1 aliphatic rings. The molecule has 0 bridgehead atoms. The topological polar surface area (TPSA) is 53.2 Å². The molecule has 0 aromatic rings. The molecule has 8 heavy (non-hydrogen) atoms. The quantitative estimate of drug-likeness (QED) is 0.424. The lowest BCUT2D eigenvalue weighted by molar-refractivity contribution is 0.561. The lowest BCUT2D eigenvalue weighted by Gasteiger charge is -2.07. The number of hydrogen-bond acceptors (Lipinski definition) is 1. The Kier molecular flexibility index (Phi) is 1.68.